The van der Waals surface area contributed by atoms with Crippen LogP contribution in [0.5, 0.6) is 17.2 Å². The van der Waals surface area contributed by atoms with Crippen LogP contribution < -0.4 is 14.2 Å². The third-order valence-corrected chi connectivity index (χ3v) is 3.53. The highest BCUT2D eigenvalue weighted by Gasteiger charge is 2.14. The molecule has 0 atom stereocenters. The highest BCUT2D eigenvalue weighted by molar-refractivity contribution is 5.74. The van der Waals surface area contributed by atoms with Crippen LogP contribution in [0, 0.1) is 0 Å². The Morgan fingerprint density at radius 3 is 2.23 bits per heavy atom. The quantitative estimate of drug-likeness (QED) is 0.786. The van der Waals surface area contributed by atoms with Gasteiger partial charge in [-0.2, -0.15) is 0 Å². The number of aromatic nitrogens is 2. The van der Waals surface area contributed by atoms with Crippen molar-refractivity contribution >= 4 is 11.0 Å². The fourth-order valence-corrected chi connectivity index (χ4v) is 2.52. The van der Waals surface area contributed by atoms with Gasteiger partial charge in [-0.3, -0.25) is 0 Å². The van der Waals surface area contributed by atoms with Crippen LogP contribution >= 0.6 is 0 Å². The number of benzene rings is 2. The van der Waals surface area contributed by atoms with E-state index in [2.05, 4.69) is 9.97 Å². The van der Waals surface area contributed by atoms with Gasteiger partial charge in [0.05, 0.1) is 32.4 Å². The van der Waals surface area contributed by atoms with Gasteiger partial charge in [-0.25, -0.2) is 4.98 Å². The van der Waals surface area contributed by atoms with Crippen LogP contribution in [0.4, 0.5) is 0 Å². The van der Waals surface area contributed by atoms with E-state index in [0.29, 0.717) is 23.7 Å². The molecule has 0 aliphatic carbocycles. The number of aromatic amines is 1. The van der Waals surface area contributed by atoms with Crippen LogP contribution in [0.2, 0.25) is 0 Å². The topological polar surface area (TPSA) is 56.4 Å². The summed E-state index contributed by atoms with van der Waals surface area (Å²) in [7, 11) is 4.82. The lowest BCUT2D eigenvalue weighted by Gasteiger charge is -2.13. The third kappa shape index (κ3) is 2.57. The molecule has 2 aromatic carbocycles. The van der Waals surface area contributed by atoms with E-state index in [0.717, 1.165) is 22.4 Å². The molecule has 0 saturated heterocycles. The van der Waals surface area contributed by atoms with Crippen LogP contribution in [0.3, 0.4) is 0 Å². The molecule has 5 nitrogen and oxygen atoms in total. The molecule has 3 aromatic rings. The fourth-order valence-electron chi connectivity index (χ4n) is 2.52. The third-order valence-electron chi connectivity index (χ3n) is 3.53. The van der Waals surface area contributed by atoms with Gasteiger partial charge in [0.1, 0.15) is 5.82 Å². The van der Waals surface area contributed by atoms with Crippen LogP contribution in [0.25, 0.3) is 11.0 Å². The van der Waals surface area contributed by atoms with Crippen LogP contribution in [-0.2, 0) is 6.42 Å². The smallest absolute Gasteiger partial charge is 0.203 e. The lowest BCUT2D eigenvalue weighted by molar-refractivity contribution is 0.324. The summed E-state index contributed by atoms with van der Waals surface area (Å²) in [6, 6.07) is 11.9. The molecular weight excluding hydrogens is 280 g/mol. The molecule has 114 valence electrons. The van der Waals surface area contributed by atoms with Crippen molar-refractivity contribution in [3.8, 4) is 17.2 Å². The first-order chi connectivity index (χ1) is 10.7. The Balaban J connectivity index is 1.97. The Morgan fingerprint density at radius 1 is 0.955 bits per heavy atom. The zero-order chi connectivity index (χ0) is 15.5. The molecule has 3 rings (SSSR count). The summed E-state index contributed by atoms with van der Waals surface area (Å²) < 4.78 is 16.1. The van der Waals surface area contributed by atoms with Crippen molar-refractivity contribution in [1.82, 2.24) is 9.97 Å². The van der Waals surface area contributed by atoms with E-state index in [4.69, 9.17) is 14.2 Å². The predicted octanol–water partition coefficient (Wildman–Crippen LogP) is 3.18. The number of nitrogens with zero attached hydrogens (tertiary/aromatic N) is 1. The molecular formula is C17H18N2O3. The second-order valence-corrected chi connectivity index (χ2v) is 4.91. The van der Waals surface area contributed by atoms with Gasteiger partial charge in [0, 0.05) is 6.42 Å². The molecule has 0 aliphatic heterocycles. The lowest BCUT2D eigenvalue weighted by Crippen LogP contribution is -1.98. The summed E-state index contributed by atoms with van der Waals surface area (Å²) >= 11 is 0. The fraction of sp³-hybridized carbons (Fsp3) is 0.235. The largest absolute Gasteiger partial charge is 0.493 e. The van der Waals surface area contributed by atoms with Gasteiger partial charge in [0.15, 0.2) is 11.5 Å². The van der Waals surface area contributed by atoms with Gasteiger partial charge in [0.2, 0.25) is 5.75 Å². The van der Waals surface area contributed by atoms with Crippen molar-refractivity contribution in [2.75, 3.05) is 21.3 Å². The molecule has 1 aromatic heterocycles. The number of ether oxygens (including phenoxy) is 3. The van der Waals surface area contributed by atoms with Crippen LogP contribution in [0.15, 0.2) is 36.4 Å². The Hall–Kier alpha value is -2.69. The first-order valence-electron chi connectivity index (χ1n) is 6.97. The highest BCUT2D eigenvalue weighted by Crippen LogP contribution is 2.38. The van der Waals surface area contributed by atoms with Gasteiger partial charge >= 0.3 is 0 Å². The molecule has 5 heteroatoms. The summed E-state index contributed by atoms with van der Waals surface area (Å²) in [5.74, 6) is 2.79. The first-order valence-corrected chi connectivity index (χ1v) is 6.97. The van der Waals surface area contributed by atoms with Gasteiger partial charge in [-0.05, 0) is 29.8 Å². The van der Waals surface area contributed by atoms with Crippen molar-refractivity contribution in [3.63, 3.8) is 0 Å². The second kappa shape index (κ2) is 5.97. The van der Waals surface area contributed by atoms with Gasteiger partial charge in [0.25, 0.3) is 0 Å². The number of methoxy groups -OCH3 is 3. The second-order valence-electron chi connectivity index (χ2n) is 4.91. The molecule has 1 N–H and O–H groups in total. The number of para-hydroxylation sites is 2. The summed E-state index contributed by atoms with van der Waals surface area (Å²) in [6.07, 6.45) is 0.658. The number of nitrogens with one attached hydrogen (secondary N) is 1. The van der Waals surface area contributed by atoms with E-state index >= 15 is 0 Å². The standard InChI is InChI=1S/C17H18N2O3/c1-20-14-8-11(9-15(21-2)17(14)22-3)10-16-18-12-6-4-5-7-13(12)19-16/h4-9H,10H2,1-3H3,(H,18,19). The Kier molecular flexibility index (Phi) is 3.87. The summed E-state index contributed by atoms with van der Waals surface area (Å²) in [4.78, 5) is 7.92. The van der Waals surface area contributed by atoms with Crippen LogP contribution in [0.1, 0.15) is 11.4 Å². The zero-order valence-corrected chi connectivity index (χ0v) is 12.8. The molecule has 0 aliphatic rings. The van der Waals surface area contributed by atoms with Crippen LogP contribution in [-0.4, -0.2) is 31.3 Å². The number of hydrogen-bond acceptors (Lipinski definition) is 4. The van der Waals surface area contributed by atoms with Gasteiger partial charge in [-0.1, -0.05) is 12.1 Å². The summed E-state index contributed by atoms with van der Waals surface area (Å²) in [6.45, 7) is 0. The SMILES string of the molecule is COc1cc(Cc2nc3ccccc3[nH]2)cc(OC)c1OC. The molecule has 0 saturated carbocycles. The maximum Gasteiger partial charge on any atom is 0.203 e. The minimum absolute atomic E-state index is 0.596. The van der Waals surface area contributed by atoms with E-state index < -0.39 is 0 Å². The van der Waals surface area contributed by atoms with Crippen molar-refractivity contribution in [3.05, 3.63) is 47.8 Å². The molecule has 0 spiro atoms. The normalized spacial score (nSPS) is 10.7. The van der Waals surface area contributed by atoms with Crippen molar-refractivity contribution in [2.24, 2.45) is 0 Å². The minimum atomic E-state index is 0.596. The Labute approximate surface area is 128 Å². The number of H-pyrrole nitrogens is 1. The monoisotopic (exact) mass is 298 g/mol. The lowest BCUT2D eigenvalue weighted by atomic mass is 10.1. The van der Waals surface area contributed by atoms with Gasteiger partial charge in [-0.15, -0.1) is 0 Å². The summed E-state index contributed by atoms with van der Waals surface area (Å²) in [5, 5.41) is 0. The van der Waals surface area contributed by atoms with Gasteiger partial charge < -0.3 is 19.2 Å². The average Bonchev–Trinajstić information content (AvgIpc) is 2.95. The van der Waals surface area contributed by atoms with E-state index in [9.17, 15) is 0 Å². The van der Waals surface area contributed by atoms with E-state index in [1.807, 2.05) is 36.4 Å². The Bertz CT molecular complexity index is 737. The number of imidazole rings is 1. The Morgan fingerprint density at radius 2 is 1.64 bits per heavy atom. The maximum absolute atomic E-state index is 5.38. The minimum Gasteiger partial charge on any atom is -0.493 e. The number of fused-ring (bicyclic) bond motifs is 1. The first kappa shape index (κ1) is 14.3. The molecule has 0 bridgehead atoms. The molecule has 0 unspecified atom stereocenters. The predicted molar refractivity (Wildman–Crippen MR) is 85.0 cm³/mol. The van der Waals surface area contributed by atoms with Crippen molar-refractivity contribution < 1.29 is 14.2 Å². The molecule has 0 amide bonds. The van der Waals surface area contributed by atoms with Crippen molar-refractivity contribution in [2.45, 2.75) is 6.42 Å². The molecule has 0 radical (unpaired) electrons. The van der Waals surface area contributed by atoms with E-state index in [1.54, 1.807) is 21.3 Å². The maximum atomic E-state index is 5.38. The number of rotatable bonds is 5. The molecule has 22 heavy (non-hydrogen) atoms. The molecule has 0 fully saturated rings. The zero-order valence-electron chi connectivity index (χ0n) is 12.8. The highest BCUT2D eigenvalue weighted by atomic mass is 16.5. The van der Waals surface area contributed by atoms with E-state index in [-0.39, 0.29) is 0 Å². The number of hydrogen-bond donors (Lipinski definition) is 1. The average molecular weight is 298 g/mol. The van der Waals surface area contributed by atoms with Crippen molar-refractivity contribution in [1.29, 1.82) is 0 Å². The molecule has 1 heterocycles. The van der Waals surface area contributed by atoms with E-state index in [1.165, 1.54) is 0 Å². The summed E-state index contributed by atoms with van der Waals surface area (Å²) in [5.41, 5.74) is 3.03.